The molecule has 27 heavy (non-hydrogen) atoms. The summed E-state index contributed by atoms with van der Waals surface area (Å²) in [5.41, 5.74) is 3.97. The third-order valence-corrected chi connectivity index (χ3v) is 5.19. The molecule has 1 aromatic heterocycles. The van der Waals surface area contributed by atoms with Gasteiger partial charge in [0.1, 0.15) is 0 Å². The van der Waals surface area contributed by atoms with Gasteiger partial charge in [-0.2, -0.15) is 13.2 Å². The van der Waals surface area contributed by atoms with Crippen LogP contribution in [-0.2, 0) is 16.4 Å². The van der Waals surface area contributed by atoms with E-state index in [1.54, 1.807) is 11.0 Å². The van der Waals surface area contributed by atoms with Crippen molar-refractivity contribution >= 4 is 11.8 Å². The minimum absolute atomic E-state index is 0.0439. The van der Waals surface area contributed by atoms with Crippen LogP contribution >= 0.6 is 0 Å². The third kappa shape index (κ3) is 2.94. The van der Waals surface area contributed by atoms with E-state index in [0.29, 0.717) is 31.5 Å². The van der Waals surface area contributed by atoms with E-state index in [0.717, 1.165) is 12.1 Å². The highest BCUT2D eigenvalue weighted by atomic mass is 19.4. The van der Waals surface area contributed by atoms with E-state index in [4.69, 9.17) is 5.73 Å². The number of benzene rings is 1. The van der Waals surface area contributed by atoms with Crippen LogP contribution in [0.1, 0.15) is 40.5 Å². The standard InChI is InChI=1S/C17H16F3N5O2/c18-17(19,20)11-3-1-2-10(6-11)16(4-5-16)15(27)24-7-12(8-24)25-9-13(14(21)26)22-23-25/h1-3,6,9,12H,4-5,7-8H2,(H2,21,26). The zero-order valence-corrected chi connectivity index (χ0v) is 14.1. The Labute approximate surface area is 151 Å². The fraction of sp³-hybridized carbons (Fsp3) is 0.412. The molecule has 1 aliphatic carbocycles. The first kappa shape index (κ1) is 17.5. The summed E-state index contributed by atoms with van der Waals surface area (Å²) in [6.07, 6.45) is -1.95. The van der Waals surface area contributed by atoms with Crippen LogP contribution in [0.25, 0.3) is 0 Å². The number of nitrogens with zero attached hydrogens (tertiary/aromatic N) is 4. The van der Waals surface area contributed by atoms with Gasteiger partial charge in [0.05, 0.1) is 23.2 Å². The topological polar surface area (TPSA) is 94.1 Å². The van der Waals surface area contributed by atoms with Crippen LogP contribution in [0.2, 0.25) is 0 Å². The Bertz CT molecular complexity index is 913. The number of likely N-dealkylation sites (tertiary alicyclic amines) is 1. The van der Waals surface area contributed by atoms with Crippen molar-refractivity contribution in [3.63, 3.8) is 0 Å². The van der Waals surface area contributed by atoms with Crippen LogP contribution in [-0.4, -0.2) is 44.8 Å². The van der Waals surface area contributed by atoms with Gasteiger partial charge in [-0.25, -0.2) is 4.68 Å². The number of nitrogens with two attached hydrogens (primary N) is 1. The minimum Gasteiger partial charge on any atom is -0.364 e. The average molecular weight is 379 g/mol. The van der Waals surface area contributed by atoms with Gasteiger partial charge in [0, 0.05) is 13.1 Å². The Hall–Kier alpha value is -2.91. The Morgan fingerprint density at radius 3 is 2.48 bits per heavy atom. The number of rotatable bonds is 4. The van der Waals surface area contributed by atoms with Gasteiger partial charge < -0.3 is 10.6 Å². The van der Waals surface area contributed by atoms with Crippen molar-refractivity contribution in [1.82, 2.24) is 19.9 Å². The Kier molecular flexibility index (Phi) is 3.76. The van der Waals surface area contributed by atoms with Gasteiger partial charge in [-0.3, -0.25) is 9.59 Å². The molecule has 142 valence electrons. The second kappa shape index (κ2) is 5.80. The summed E-state index contributed by atoms with van der Waals surface area (Å²) in [5, 5.41) is 7.49. The number of hydrogen-bond donors (Lipinski definition) is 1. The van der Waals surface area contributed by atoms with Gasteiger partial charge in [-0.15, -0.1) is 5.10 Å². The lowest BCUT2D eigenvalue weighted by atomic mass is 9.91. The molecule has 2 heterocycles. The molecule has 0 atom stereocenters. The van der Waals surface area contributed by atoms with Gasteiger partial charge >= 0.3 is 6.18 Å². The van der Waals surface area contributed by atoms with E-state index in [1.807, 2.05) is 0 Å². The molecule has 1 aromatic carbocycles. The van der Waals surface area contributed by atoms with Crippen molar-refractivity contribution in [2.75, 3.05) is 13.1 Å². The second-order valence-electron chi connectivity index (χ2n) is 6.97. The minimum atomic E-state index is -4.44. The number of carbonyl (C=O) groups excluding carboxylic acids is 2. The van der Waals surface area contributed by atoms with Crippen LogP contribution in [0.3, 0.4) is 0 Å². The van der Waals surface area contributed by atoms with Crippen molar-refractivity contribution in [1.29, 1.82) is 0 Å². The first-order valence-electron chi connectivity index (χ1n) is 8.39. The first-order valence-corrected chi connectivity index (χ1v) is 8.39. The summed E-state index contributed by atoms with van der Waals surface area (Å²) in [5.74, 6) is -0.858. The summed E-state index contributed by atoms with van der Waals surface area (Å²) in [7, 11) is 0. The molecule has 0 spiro atoms. The Morgan fingerprint density at radius 1 is 1.22 bits per heavy atom. The molecule has 1 aliphatic heterocycles. The fourth-order valence-corrected chi connectivity index (χ4v) is 3.40. The van der Waals surface area contributed by atoms with Crippen LogP contribution in [0.4, 0.5) is 13.2 Å². The molecule has 2 aliphatic rings. The second-order valence-corrected chi connectivity index (χ2v) is 6.97. The van der Waals surface area contributed by atoms with Crippen LogP contribution in [0.5, 0.6) is 0 Å². The Morgan fingerprint density at radius 2 is 1.93 bits per heavy atom. The third-order valence-electron chi connectivity index (χ3n) is 5.19. The van der Waals surface area contributed by atoms with Gasteiger partial charge in [-0.05, 0) is 24.5 Å². The molecule has 2 amide bonds. The molecule has 0 radical (unpaired) electrons. The van der Waals surface area contributed by atoms with E-state index in [-0.39, 0.29) is 17.6 Å². The van der Waals surface area contributed by atoms with Crippen LogP contribution in [0, 0.1) is 0 Å². The normalized spacial score (nSPS) is 18.9. The lowest BCUT2D eigenvalue weighted by Crippen LogP contribution is -2.54. The monoisotopic (exact) mass is 379 g/mol. The first-order chi connectivity index (χ1) is 12.7. The molecule has 10 heteroatoms. The molecule has 4 rings (SSSR count). The predicted octanol–water partition coefficient (Wildman–Crippen LogP) is 1.51. The Balaban J connectivity index is 1.47. The van der Waals surface area contributed by atoms with Crippen molar-refractivity contribution in [2.24, 2.45) is 5.73 Å². The smallest absolute Gasteiger partial charge is 0.364 e. The molecule has 7 nitrogen and oxygen atoms in total. The maximum Gasteiger partial charge on any atom is 0.416 e. The number of primary amides is 1. The van der Waals surface area contributed by atoms with E-state index < -0.39 is 23.1 Å². The van der Waals surface area contributed by atoms with E-state index in [9.17, 15) is 22.8 Å². The number of alkyl halides is 3. The lowest BCUT2D eigenvalue weighted by molar-refractivity contribution is -0.141. The zero-order valence-electron chi connectivity index (χ0n) is 14.1. The van der Waals surface area contributed by atoms with E-state index in [2.05, 4.69) is 10.3 Å². The number of carbonyl (C=O) groups is 2. The van der Waals surface area contributed by atoms with Gasteiger partial charge in [0.25, 0.3) is 5.91 Å². The molecule has 0 unspecified atom stereocenters. The summed E-state index contributed by atoms with van der Waals surface area (Å²) in [6.45, 7) is 0.724. The largest absolute Gasteiger partial charge is 0.416 e. The number of amides is 2. The molecular formula is C17H16F3N5O2. The average Bonchev–Trinajstić information content (AvgIpc) is 3.24. The molecule has 2 N–H and O–H groups in total. The van der Waals surface area contributed by atoms with Crippen molar-refractivity contribution in [2.45, 2.75) is 30.5 Å². The van der Waals surface area contributed by atoms with Gasteiger partial charge in [0.15, 0.2) is 5.69 Å². The maximum atomic E-state index is 13.0. The highest BCUT2D eigenvalue weighted by molar-refractivity contribution is 5.92. The highest BCUT2D eigenvalue weighted by Crippen LogP contribution is 2.51. The van der Waals surface area contributed by atoms with Crippen molar-refractivity contribution in [3.05, 3.63) is 47.3 Å². The SMILES string of the molecule is NC(=O)c1cn(C2CN(C(=O)C3(c4cccc(C(F)(F)F)c4)CC3)C2)nn1. The quantitative estimate of drug-likeness (QED) is 0.871. The zero-order chi connectivity index (χ0) is 19.4. The van der Waals surface area contributed by atoms with Gasteiger partial charge in [0.2, 0.25) is 5.91 Å². The molecule has 1 saturated carbocycles. The maximum absolute atomic E-state index is 13.0. The fourth-order valence-electron chi connectivity index (χ4n) is 3.40. The lowest BCUT2D eigenvalue weighted by Gasteiger charge is -2.41. The summed E-state index contributed by atoms with van der Waals surface area (Å²) in [4.78, 5) is 25.6. The molecule has 1 saturated heterocycles. The summed E-state index contributed by atoms with van der Waals surface area (Å²) < 4.78 is 40.4. The van der Waals surface area contributed by atoms with Gasteiger partial charge in [-0.1, -0.05) is 23.4 Å². The van der Waals surface area contributed by atoms with Crippen molar-refractivity contribution < 1.29 is 22.8 Å². The predicted molar refractivity (Wildman–Crippen MR) is 86.5 cm³/mol. The van der Waals surface area contributed by atoms with Crippen LogP contribution < -0.4 is 5.73 Å². The molecule has 2 fully saturated rings. The number of halogens is 3. The number of hydrogen-bond acceptors (Lipinski definition) is 4. The highest BCUT2D eigenvalue weighted by Gasteiger charge is 2.55. The molecule has 0 bridgehead atoms. The summed E-state index contributed by atoms with van der Waals surface area (Å²) >= 11 is 0. The number of aromatic nitrogens is 3. The van der Waals surface area contributed by atoms with E-state index >= 15 is 0 Å². The molecule has 2 aromatic rings. The van der Waals surface area contributed by atoms with Crippen molar-refractivity contribution in [3.8, 4) is 0 Å². The van der Waals surface area contributed by atoms with E-state index in [1.165, 1.54) is 16.9 Å². The molecular weight excluding hydrogens is 363 g/mol. The summed E-state index contributed by atoms with van der Waals surface area (Å²) in [6, 6.07) is 4.86. The van der Waals surface area contributed by atoms with Crippen LogP contribution in [0.15, 0.2) is 30.5 Å².